The van der Waals surface area contributed by atoms with Gasteiger partial charge in [0.2, 0.25) is 5.91 Å². The number of nitrogens with two attached hydrogens (primary N) is 1. The number of nitrogens with one attached hydrogen (secondary N) is 1. The van der Waals surface area contributed by atoms with Crippen LogP contribution in [0.15, 0.2) is 0 Å². The van der Waals surface area contributed by atoms with E-state index in [1.807, 2.05) is 0 Å². The SMILES string of the molecule is CC(C)NC1(C(N)=O)CCCC(N2CCCC(C)C2C)C1. The average molecular weight is 295 g/mol. The van der Waals surface area contributed by atoms with E-state index in [-0.39, 0.29) is 11.9 Å². The van der Waals surface area contributed by atoms with E-state index < -0.39 is 5.54 Å². The molecule has 2 rings (SSSR count). The third-order valence-electron chi connectivity index (χ3n) is 5.65. The van der Waals surface area contributed by atoms with E-state index in [4.69, 9.17) is 5.73 Å². The Morgan fingerprint density at radius 1 is 1.29 bits per heavy atom. The molecule has 0 bridgehead atoms. The van der Waals surface area contributed by atoms with Crippen molar-refractivity contribution in [2.75, 3.05) is 6.54 Å². The number of carbonyl (C=O) groups excluding carboxylic acids is 1. The maximum atomic E-state index is 12.1. The smallest absolute Gasteiger partial charge is 0.237 e. The molecule has 4 atom stereocenters. The molecule has 2 aliphatic rings. The summed E-state index contributed by atoms with van der Waals surface area (Å²) in [7, 11) is 0. The molecule has 4 unspecified atom stereocenters. The van der Waals surface area contributed by atoms with Crippen molar-refractivity contribution in [3.05, 3.63) is 0 Å². The van der Waals surface area contributed by atoms with Crippen molar-refractivity contribution in [3.8, 4) is 0 Å². The summed E-state index contributed by atoms with van der Waals surface area (Å²) in [5.41, 5.74) is 5.28. The topological polar surface area (TPSA) is 58.4 Å². The van der Waals surface area contributed by atoms with Gasteiger partial charge in [-0.25, -0.2) is 0 Å². The Bertz CT molecular complexity index is 371. The van der Waals surface area contributed by atoms with Crippen LogP contribution in [-0.2, 0) is 4.79 Å². The highest BCUT2D eigenvalue weighted by atomic mass is 16.1. The van der Waals surface area contributed by atoms with Gasteiger partial charge >= 0.3 is 0 Å². The molecule has 4 nitrogen and oxygen atoms in total. The predicted molar refractivity (Wildman–Crippen MR) is 87.0 cm³/mol. The van der Waals surface area contributed by atoms with Gasteiger partial charge < -0.3 is 11.1 Å². The molecule has 1 saturated heterocycles. The first-order valence-electron chi connectivity index (χ1n) is 8.69. The predicted octanol–water partition coefficient (Wildman–Crippen LogP) is 2.27. The van der Waals surface area contributed by atoms with Crippen molar-refractivity contribution in [1.82, 2.24) is 10.2 Å². The van der Waals surface area contributed by atoms with E-state index in [9.17, 15) is 4.79 Å². The molecule has 2 fully saturated rings. The first-order valence-corrected chi connectivity index (χ1v) is 8.69. The Morgan fingerprint density at radius 2 is 2.00 bits per heavy atom. The van der Waals surface area contributed by atoms with Crippen molar-refractivity contribution < 1.29 is 4.79 Å². The zero-order chi connectivity index (χ0) is 15.6. The average Bonchev–Trinajstić information content (AvgIpc) is 2.41. The fraction of sp³-hybridized carbons (Fsp3) is 0.941. The highest BCUT2D eigenvalue weighted by Crippen LogP contribution is 2.35. The summed E-state index contributed by atoms with van der Waals surface area (Å²) < 4.78 is 0. The Labute approximate surface area is 129 Å². The van der Waals surface area contributed by atoms with Gasteiger partial charge in [-0.05, 0) is 71.8 Å². The maximum Gasteiger partial charge on any atom is 0.237 e. The monoisotopic (exact) mass is 295 g/mol. The summed E-state index contributed by atoms with van der Waals surface area (Å²) in [5.74, 6) is 0.584. The molecule has 1 aliphatic carbocycles. The van der Waals surface area contributed by atoms with Crippen molar-refractivity contribution in [3.63, 3.8) is 0 Å². The van der Waals surface area contributed by atoms with Gasteiger partial charge in [-0.2, -0.15) is 0 Å². The van der Waals surface area contributed by atoms with Gasteiger partial charge in [0.1, 0.15) is 0 Å². The first kappa shape index (κ1) is 16.8. The number of rotatable bonds is 4. The number of carbonyl (C=O) groups is 1. The minimum absolute atomic E-state index is 0.168. The quantitative estimate of drug-likeness (QED) is 0.836. The maximum absolute atomic E-state index is 12.1. The first-order chi connectivity index (χ1) is 9.85. The fourth-order valence-electron chi connectivity index (χ4n) is 4.39. The second kappa shape index (κ2) is 6.66. The third-order valence-corrected chi connectivity index (χ3v) is 5.65. The number of likely N-dealkylation sites (tertiary alicyclic amines) is 1. The van der Waals surface area contributed by atoms with Crippen LogP contribution in [0.4, 0.5) is 0 Å². The summed E-state index contributed by atoms with van der Waals surface area (Å²) >= 11 is 0. The molecule has 1 heterocycles. The Morgan fingerprint density at radius 3 is 2.62 bits per heavy atom. The molecule has 3 N–H and O–H groups in total. The molecule has 1 saturated carbocycles. The Hall–Kier alpha value is -0.610. The number of piperidine rings is 1. The van der Waals surface area contributed by atoms with E-state index >= 15 is 0 Å². The van der Waals surface area contributed by atoms with Crippen LogP contribution in [-0.4, -0.2) is 41.0 Å². The number of primary amides is 1. The number of hydrogen-bond donors (Lipinski definition) is 2. The second-order valence-electron chi connectivity index (χ2n) is 7.59. The summed E-state index contributed by atoms with van der Waals surface area (Å²) in [5, 5.41) is 3.49. The largest absolute Gasteiger partial charge is 0.368 e. The lowest BCUT2D eigenvalue weighted by Gasteiger charge is -2.49. The highest BCUT2D eigenvalue weighted by molar-refractivity contribution is 5.85. The number of nitrogens with zero attached hydrogens (tertiary/aromatic N) is 1. The van der Waals surface area contributed by atoms with Crippen molar-refractivity contribution in [2.24, 2.45) is 11.7 Å². The Kier molecular flexibility index (Phi) is 5.31. The van der Waals surface area contributed by atoms with Gasteiger partial charge in [0.15, 0.2) is 0 Å². The van der Waals surface area contributed by atoms with Crippen LogP contribution in [0.25, 0.3) is 0 Å². The molecule has 1 aliphatic heterocycles. The van der Waals surface area contributed by atoms with Crippen molar-refractivity contribution in [2.45, 2.75) is 89.9 Å². The van der Waals surface area contributed by atoms with Crippen LogP contribution in [0, 0.1) is 5.92 Å². The van der Waals surface area contributed by atoms with Crippen molar-refractivity contribution >= 4 is 5.91 Å². The summed E-state index contributed by atoms with van der Waals surface area (Å²) in [6.45, 7) is 10.1. The zero-order valence-electron chi connectivity index (χ0n) is 14.2. The summed E-state index contributed by atoms with van der Waals surface area (Å²) in [6, 6.07) is 1.40. The van der Waals surface area contributed by atoms with Crippen LogP contribution < -0.4 is 11.1 Å². The zero-order valence-corrected chi connectivity index (χ0v) is 14.2. The molecule has 4 heteroatoms. The van der Waals surface area contributed by atoms with E-state index in [2.05, 4.69) is 37.9 Å². The van der Waals surface area contributed by atoms with Gasteiger partial charge in [-0.1, -0.05) is 6.92 Å². The molecule has 0 aromatic rings. The summed E-state index contributed by atoms with van der Waals surface area (Å²) in [4.78, 5) is 14.8. The normalized spacial score (nSPS) is 38.6. The number of hydrogen-bond acceptors (Lipinski definition) is 3. The van der Waals surface area contributed by atoms with Gasteiger partial charge in [-0.3, -0.25) is 9.69 Å². The molecule has 0 radical (unpaired) electrons. The van der Waals surface area contributed by atoms with E-state index in [0.29, 0.717) is 12.1 Å². The van der Waals surface area contributed by atoms with E-state index in [1.165, 1.54) is 25.8 Å². The van der Waals surface area contributed by atoms with E-state index in [0.717, 1.165) is 25.2 Å². The summed E-state index contributed by atoms with van der Waals surface area (Å²) in [6.07, 6.45) is 6.65. The molecule has 122 valence electrons. The lowest BCUT2D eigenvalue weighted by Crippen LogP contribution is -2.63. The van der Waals surface area contributed by atoms with Crippen LogP contribution in [0.5, 0.6) is 0 Å². The molecular formula is C17H33N3O. The minimum atomic E-state index is -0.502. The van der Waals surface area contributed by atoms with Crippen LogP contribution in [0.3, 0.4) is 0 Å². The van der Waals surface area contributed by atoms with Crippen molar-refractivity contribution in [1.29, 1.82) is 0 Å². The Balaban J connectivity index is 2.13. The number of amides is 1. The van der Waals surface area contributed by atoms with Crippen LogP contribution in [0.1, 0.15) is 66.2 Å². The lowest BCUT2D eigenvalue weighted by atomic mass is 9.76. The van der Waals surface area contributed by atoms with Crippen LogP contribution in [0.2, 0.25) is 0 Å². The van der Waals surface area contributed by atoms with Crippen LogP contribution >= 0.6 is 0 Å². The van der Waals surface area contributed by atoms with Gasteiger partial charge in [0.25, 0.3) is 0 Å². The highest BCUT2D eigenvalue weighted by Gasteiger charge is 2.44. The van der Waals surface area contributed by atoms with E-state index in [1.54, 1.807) is 0 Å². The molecule has 21 heavy (non-hydrogen) atoms. The molecule has 0 aromatic carbocycles. The fourth-order valence-corrected chi connectivity index (χ4v) is 4.39. The molecule has 1 amide bonds. The third kappa shape index (κ3) is 3.59. The van der Waals surface area contributed by atoms with Gasteiger partial charge in [0, 0.05) is 18.1 Å². The van der Waals surface area contributed by atoms with Gasteiger partial charge in [0.05, 0.1) is 5.54 Å². The minimum Gasteiger partial charge on any atom is -0.368 e. The molecule has 0 spiro atoms. The molecule has 0 aromatic heterocycles. The standard InChI is InChI=1S/C17H33N3O/c1-12(2)19-17(16(18)21)9-5-8-15(11-17)20-10-6-7-13(3)14(20)4/h12-15,19H,5-11H2,1-4H3,(H2,18,21). The second-order valence-corrected chi connectivity index (χ2v) is 7.59. The lowest BCUT2D eigenvalue weighted by molar-refractivity contribution is -0.127. The van der Waals surface area contributed by atoms with Gasteiger partial charge in [-0.15, -0.1) is 0 Å². The molecular weight excluding hydrogens is 262 g/mol.